The van der Waals surface area contributed by atoms with E-state index in [1.54, 1.807) is 0 Å². The lowest BCUT2D eigenvalue weighted by atomic mass is 10.1. The highest BCUT2D eigenvalue weighted by molar-refractivity contribution is 7.16. The van der Waals surface area contributed by atoms with Crippen molar-refractivity contribution < 1.29 is 4.79 Å². The molecule has 3 nitrogen and oxygen atoms in total. The Bertz CT molecular complexity index is 1210. The summed E-state index contributed by atoms with van der Waals surface area (Å²) in [5, 5.41) is 2.16. The van der Waals surface area contributed by atoms with E-state index >= 15 is 0 Å². The molecule has 4 heteroatoms. The largest absolute Gasteiger partial charge is 0.312 e. The Morgan fingerprint density at radius 2 is 1.92 bits per heavy atom. The Balaban J connectivity index is 1.86. The van der Waals surface area contributed by atoms with Gasteiger partial charge < -0.3 is 4.57 Å². The number of aryl methyl sites for hydroxylation is 1. The molecule has 0 spiro atoms. The monoisotopic (exact) mass is 358 g/mol. The molecule has 0 bridgehead atoms. The molecule has 0 saturated carbocycles. The SMILES string of the molecule is C=CCn1c(=NC(=O)c2ccc3ccccc3c2)sc2cccc(C)c21. The quantitative estimate of drug-likeness (QED) is 0.470. The number of rotatable bonds is 3. The van der Waals surface area contributed by atoms with E-state index in [4.69, 9.17) is 0 Å². The smallest absolute Gasteiger partial charge is 0.279 e. The van der Waals surface area contributed by atoms with Crippen LogP contribution in [0.5, 0.6) is 0 Å². The van der Waals surface area contributed by atoms with Crippen molar-refractivity contribution in [1.29, 1.82) is 0 Å². The number of benzene rings is 3. The number of hydrogen-bond donors (Lipinski definition) is 0. The summed E-state index contributed by atoms with van der Waals surface area (Å²) in [7, 11) is 0. The fourth-order valence-electron chi connectivity index (χ4n) is 3.16. The molecule has 0 atom stereocenters. The molecule has 0 aliphatic rings. The van der Waals surface area contributed by atoms with Gasteiger partial charge >= 0.3 is 0 Å². The van der Waals surface area contributed by atoms with Crippen molar-refractivity contribution in [3.05, 3.63) is 89.2 Å². The van der Waals surface area contributed by atoms with E-state index in [9.17, 15) is 4.79 Å². The van der Waals surface area contributed by atoms with Crippen LogP contribution in [0, 0.1) is 6.92 Å². The van der Waals surface area contributed by atoms with Crippen molar-refractivity contribution in [3.8, 4) is 0 Å². The van der Waals surface area contributed by atoms with Crippen LogP contribution >= 0.6 is 11.3 Å². The maximum atomic E-state index is 12.8. The maximum absolute atomic E-state index is 12.8. The number of hydrogen-bond acceptors (Lipinski definition) is 2. The van der Waals surface area contributed by atoms with E-state index in [-0.39, 0.29) is 5.91 Å². The zero-order valence-electron chi connectivity index (χ0n) is 14.5. The van der Waals surface area contributed by atoms with Crippen LogP contribution in [0.25, 0.3) is 21.0 Å². The molecule has 0 radical (unpaired) electrons. The van der Waals surface area contributed by atoms with Crippen molar-refractivity contribution in [2.24, 2.45) is 4.99 Å². The number of thiazole rings is 1. The Morgan fingerprint density at radius 3 is 2.73 bits per heavy atom. The maximum Gasteiger partial charge on any atom is 0.279 e. The van der Waals surface area contributed by atoms with Gasteiger partial charge in [0.05, 0.1) is 10.2 Å². The summed E-state index contributed by atoms with van der Waals surface area (Å²) in [6, 6.07) is 19.9. The van der Waals surface area contributed by atoms with E-state index in [1.807, 2.05) is 54.6 Å². The van der Waals surface area contributed by atoms with Gasteiger partial charge in [0.25, 0.3) is 5.91 Å². The Hall–Kier alpha value is -2.98. The molecule has 1 heterocycles. The lowest BCUT2D eigenvalue weighted by Crippen LogP contribution is -2.16. The summed E-state index contributed by atoms with van der Waals surface area (Å²) >= 11 is 1.53. The fraction of sp³-hybridized carbons (Fsp3) is 0.0909. The van der Waals surface area contributed by atoms with Crippen LogP contribution in [0.2, 0.25) is 0 Å². The molecule has 0 saturated heterocycles. The van der Waals surface area contributed by atoms with Gasteiger partial charge in [-0.05, 0) is 41.5 Å². The zero-order chi connectivity index (χ0) is 18.1. The molecule has 0 aliphatic carbocycles. The number of para-hydroxylation sites is 1. The third-order valence-electron chi connectivity index (χ3n) is 4.41. The number of nitrogens with zero attached hydrogens (tertiary/aromatic N) is 2. The number of amides is 1. The highest BCUT2D eigenvalue weighted by Gasteiger charge is 2.10. The number of allylic oxidation sites excluding steroid dienone is 1. The van der Waals surface area contributed by atoms with Gasteiger partial charge in [-0.25, -0.2) is 0 Å². The second kappa shape index (κ2) is 6.73. The van der Waals surface area contributed by atoms with Crippen LogP contribution < -0.4 is 4.80 Å². The summed E-state index contributed by atoms with van der Waals surface area (Å²) < 4.78 is 3.18. The third kappa shape index (κ3) is 2.89. The molecule has 0 N–H and O–H groups in total. The van der Waals surface area contributed by atoms with Gasteiger partial charge in [0.15, 0.2) is 4.80 Å². The minimum absolute atomic E-state index is 0.224. The van der Waals surface area contributed by atoms with Gasteiger partial charge in [0.1, 0.15) is 0 Å². The highest BCUT2D eigenvalue weighted by atomic mass is 32.1. The average molecular weight is 358 g/mol. The zero-order valence-corrected chi connectivity index (χ0v) is 15.3. The topological polar surface area (TPSA) is 34.4 Å². The van der Waals surface area contributed by atoms with Gasteiger partial charge in [0.2, 0.25) is 0 Å². The van der Waals surface area contributed by atoms with Crippen molar-refractivity contribution in [3.63, 3.8) is 0 Å². The Labute approximate surface area is 155 Å². The Morgan fingerprint density at radius 1 is 1.12 bits per heavy atom. The van der Waals surface area contributed by atoms with Crippen LogP contribution in [-0.2, 0) is 6.54 Å². The van der Waals surface area contributed by atoms with E-state index < -0.39 is 0 Å². The van der Waals surface area contributed by atoms with E-state index in [2.05, 4.69) is 35.2 Å². The van der Waals surface area contributed by atoms with Crippen LogP contribution in [-0.4, -0.2) is 10.5 Å². The summed E-state index contributed by atoms with van der Waals surface area (Å²) in [6.07, 6.45) is 1.83. The summed E-state index contributed by atoms with van der Waals surface area (Å²) in [5.74, 6) is -0.224. The first-order valence-corrected chi connectivity index (χ1v) is 9.27. The van der Waals surface area contributed by atoms with Crippen LogP contribution in [0.3, 0.4) is 0 Å². The van der Waals surface area contributed by atoms with E-state index in [1.165, 1.54) is 16.9 Å². The van der Waals surface area contributed by atoms with E-state index in [0.29, 0.717) is 16.9 Å². The van der Waals surface area contributed by atoms with Crippen molar-refractivity contribution in [1.82, 2.24) is 4.57 Å². The first-order chi connectivity index (χ1) is 12.7. The standard InChI is InChI=1S/C22H18N2OS/c1-3-13-24-20-15(2)7-6-10-19(20)26-22(24)23-21(25)18-12-11-16-8-4-5-9-17(16)14-18/h3-12,14H,1,13H2,2H3. The Kier molecular flexibility index (Phi) is 4.27. The summed E-state index contributed by atoms with van der Waals surface area (Å²) in [4.78, 5) is 17.9. The van der Waals surface area contributed by atoms with Gasteiger partial charge in [0, 0.05) is 12.1 Å². The predicted octanol–water partition coefficient (Wildman–Crippen LogP) is 5.09. The molecule has 1 amide bonds. The molecular weight excluding hydrogens is 340 g/mol. The molecule has 0 fully saturated rings. The van der Waals surface area contributed by atoms with Gasteiger partial charge in [-0.2, -0.15) is 4.99 Å². The highest BCUT2D eigenvalue weighted by Crippen LogP contribution is 2.21. The lowest BCUT2D eigenvalue weighted by molar-refractivity contribution is 0.0998. The van der Waals surface area contributed by atoms with Gasteiger partial charge in [-0.3, -0.25) is 4.79 Å². The molecular formula is C22H18N2OS. The third-order valence-corrected chi connectivity index (χ3v) is 5.45. The second-order valence-electron chi connectivity index (χ2n) is 6.18. The lowest BCUT2D eigenvalue weighted by Gasteiger charge is -2.04. The van der Waals surface area contributed by atoms with Gasteiger partial charge in [-0.1, -0.05) is 59.9 Å². The molecule has 0 aliphatic heterocycles. The van der Waals surface area contributed by atoms with Crippen LogP contribution in [0.15, 0.2) is 78.3 Å². The van der Waals surface area contributed by atoms with Crippen LogP contribution in [0.1, 0.15) is 15.9 Å². The number of carbonyl (C=O) groups is 1. The second-order valence-corrected chi connectivity index (χ2v) is 7.19. The minimum atomic E-state index is -0.224. The van der Waals surface area contributed by atoms with Crippen molar-refractivity contribution in [2.45, 2.75) is 13.5 Å². The number of carbonyl (C=O) groups excluding carboxylic acids is 1. The van der Waals surface area contributed by atoms with Crippen LogP contribution in [0.4, 0.5) is 0 Å². The predicted molar refractivity (Wildman–Crippen MR) is 109 cm³/mol. The normalized spacial score (nSPS) is 12.0. The van der Waals surface area contributed by atoms with Crippen molar-refractivity contribution in [2.75, 3.05) is 0 Å². The molecule has 3 aromatic carbocycles. The first kappa shape index (κ1) is 16.5. The molecule has 0 unspecified atom stereocenters. The first-order valence-electron chi connectivity index (χ1n) is 8.45. The molecule has 4 aromatic rings. The summed E-state index contributed by atoms with van der Waals surface area (Å²) in [5.41, 5.74) is 2.88. The summed E-state index contributed by atoms with van der Waals surface area (Å²) in [6.45, 7) is 6.53. The van der Waals surface area contributed by atoms with E-state index in [0.717, 1.165) is 21.0 Å². The van der Waals surface area contributed by atoms with Gasteiger partial charge in [-0.15, -0.1) is 6.58 Å². The number of fused-ring (bicyclic) bond motifs is 2. The molecule has 128 valence electrons. The number of aromatic nitrogens is 1. The average Bonchev–Trinajstić information content (AvgIpc) is 3.00. The fourth-order valence-corrected chi connectivity index (χ4v) is 4.28. The molecule has 26 heavy (non-hydrogen) atoms. The minimum Gasteiger partial charge on any atom is -0.312 e. The van der Waals surface area contributed by atoms with Crippen molar-refractivity contribution >= 4 is 38.2 Å². The molecule has 1 aromatic heterocycles. The molecule has 4 rings (SSSR count).